The second-order valence-corrected chi connectivity index (χ2v) is 5.66. The maximum Gasteiger partial charge on any atom is 0.188 e. The Kier molecular flexibility index (Phi) is 8.26. The second-order valence-electron chi connectivity index (χ2n) is 4.44. The molecule has 0 aliphatic heterocycles. The predicted molar refractivity (Wildman–Crippen MR) is 75.5 cm³/mol. The Morgan fingerprint density at radius 1 is 1.29 bits per heavy atom. The Hall–Kier alpha value is -0.420. The minimum atomic E-state index is 0.279. The average Bonchev–Trinajstić information content (AvgIpc) is 2.35. The summed E-state index contributed by atoms with van der Waals surface area (Å²) in [5.41, 5.74) is 5.84. The Labute approximate surface area is 108 Å². The Bertz CT molecular complexity index is 218. The zero-order valence-electron chi connectivity index (χ0n) is 10.5. The third-order valence-electron chi connectivity index (χ3n) is 2.92. The van der Waals surface area contributed by atoms with E-state index >= 15 is 0 Å². The van der Waals surface area contributed by atoms with Crippen molar-refractivity contribution in [1.29, 1.82) is 0 Å². The second kappa shape index (κ2) is 9.59. The van der Waals surface area contributed by atoms with E-state index in [0.29, 0.717) is 12.0 Å². The minimum Gasteiger partial charge on any atom is -0.396 e. The fourth-order valence-corrected chi connectivity index (χ4v) is 2.76. The number of nitrogens with zero attached hydrogens (tertiary/aromatic N) is 1. The third kappa shape index (κ3) is 7.49. The van der Waals surface area contributed by atoms with Gasteiger partial charge in [-0.2, -0.15) is 11.8 Å². The van der Waals surface area contributed by atoms with E-state index < -0.39 is 0 Å². The summed E-state index contributed by atoms with van der Waals surface area (Å²) in [4.78, 5) is 4.32. The van der Waals surface area contributed by atoms with E-state index in [4.69, 9.17) is 10.8 Å². The quantitative estimate of drug-likeness (QED) is 0.366. The summed E-state index contributed by atoms with van der Waals surface area (Å²) in [5.74, 6) is 2.58. The van der Waals surface area contributed by atoms with Crippen LogP contribution < -0.4 is 11.1 Å². The van der Waals surface area contributed by atoms with Crippen molar-refractivity contribution in [3.8, 4) is 0 Å². The van der Waals surface area contributed by atoms with E-state index in [1.807, 2.05) is 11.8 Å². The van der Waals surface area contributed by atoms with Crippen molar-refractivity contribution >= 4 is 17.7 Å². The lowest BCUT2D eigenvalue weighted by molar-refractivity contribution is 0.296. The SMILES string of the molecule is NC(=NCCSCCCO)NC1CCCCC1. The molecule has 0 bridgehead atoms. The standard InChI is InChI=1S/C12H25N3OS/c13-12(14-7-10-17-9-4-8-16)15-11-5-2-1-3-6-11/h11,16H,1-10H2,(H3,13,14,15). The van der Waals surface area contributed by atoms with Gasteiger partial charge in [0.05, 0.1) is 6.54 Å². The molecule has 100 valence electrons. The largest absolute Gasteiger partial charge is 0.396 e. The van der Waals surface area contributed by atoms with Gasteiger partial charge in [-0.05, 0) is 25.0 Å². The van der Waals surface area contributed by atoms with Gasteiger partial charge in [0.15, 0.2) is 5.96 Å². The van der Waals surface area contributed by atoms with Gasteiger partial charge in [0.1, 0.15) is 0 Å². The van der Waals surface area contributed by atoms with Crippen molar-refractivity contribution < 1.29 is 5.11 Å². The first-order chi connectivity index (χ1) is 8.33. The fourth-order valence-electron chi connectivity index (χ4n) is 2.00. The molecule has 1 aliphatic rings. The zero-order chi connectivity index (χ0) is 12.3. The Morgan fingerprint density at radius 2 is 2.06 bits per heavy atom. The summed E-state index contributed by atoms with van der Waals surface area (Å²) in [6, 6.07) is 0.537. The molecule has 0 aromatic rings. The average molecular weight is 259 g/mol. The van der Waals surface area contributed by atoms with E-state index in [1.165, 1.54) is 32.1 Å². The molecule has 0 spiro atoms. The number of thioether (sulfide) groups is 1. The van der Waals surface area contributed by atoms with Gasteiger partial charge in [-0.25, -0.2) is 0 Å². The summed E-state index contributed by atoms with van der Waals surface area (Å²) in [6.45, 7) is 1.04. The lowest BCUT2D eigenvalue weighted by atomic mass is 9.96. The van der Waals surface area contributed by atoms with E-state index in [1.54, 1.807) is 0 Å². The van der Waals surface area contributed by atoms with Crippen LogP contribution in [0.3, 0.4) is 0 Å². The molecule has 1 fully saturated rings. The van der Waals surface area contributed by atoms with Crippen molar-refractivity contribution in [2.24, 2.45) is 10.7 Å². The zero-order valence-corrected chi connectivity index (χ0v) is 11.3. The van der Waals surface area contributed by atoms with Gasteiger partial charge in [-0.15, -0.1) is 0 Å². The molecule has 0 aromatic heterocycles. The van der Waals surface area contributed by atoms with Crippen LogP contribution in [0.25, 0.3) is 0 Å². The molecule has 4 N–H and O–H groups in total. The van der Waals surface area contributed by atoms with Gasteiger partial charge in [0.2, 0.25) is 0 Å². The number of nitrogens with one attached hydrogen (secondary N) is 1. The molecule has 0 saturated heterocycles. The van der Waals surface area contributed by atoms with Gasteiger partial charge in [0, 0.05) is 18.4 Å². The van der Waals surface area contributed by atoms with Gasteiger partial charge >= 0.3 is 0 Å². The summed E-state index contributed by atoms with van der Waals surface area (Å²) >= 11 is 1.82. The Morgan fingerprint density at radius 3 is 2.76 bits per heavy atom. The van der Waals surface area contributed by atoms with Crippen LogP contribution in [0.1, 0.15) is 38.5 Å². The highest BCUT2D eigenvalue weighted by atomic mass is 32.2. The summed E-state index contributed by atoms with van der Waals surface area (Å²) in [6.07, 6.45) is 7.29. The molecular weight excluding hydrogens is 234 g/mol. The minimum absolute atomic E-state index is 0.279. The maximum atomic E-state index is 8.62. The van der Waals surface area contributed by atoms with Crippen LogP contribution in [0.15, 0.2) is 4.99 Å². The number of hydrogen-bond acceptors (Lipinski definition) is 3. The van der Waals surface area contributed by atoms with Crippen LogP contribution in [0.4, 0.5) is 0 Å². The first-order valence-electron chi connectivity index (χ1n) is 6.58. The molecule has 0 amide bonds. The van der Waals surface area contributed by atoms with Crippen LogP contribution in [0.2, 0.25) is 0 Å². The third-order valence-corrected chi connectivity index (χ3v) is 3.97. The van der Waals surface area contributed by atoms with Crippen molar-refractivity contribution in [1.82, 2.24) is 5.32 Å². The molecule has 0 aromatic carbocycles. The molecule has 5 heteroatoms. The first kappa shape index (κ1) is 14.6. The van der Waals surface area contributed by atoms with Gasteiger partial charge in [0.25, 0.3) is 0 Å². The molecule has 0 atom stereocenters. The number of aliphatic hydroxyl groups excluding tert-OH is 1. The van der Waals surface area contributed by atoms with E-state index in [9.17, 15) is 0 Å². The predicted octanol–water partition coefficient (Wildman–Crippen LogP) is 1.34. The van der Waals surface area contributed by atoms with Crippen LogP contribution in [0, 0.1) is 0 Å². The molecule has 17 heavy (non-hydrogen) atoms. The normalized spacial score (nSPS) is 18.3. The summed E-state index contributed by atoms with van der Waals surface area (Å²) < 4.78 is 0. The van der Waals surface area contributed by atoms with Gasteiger partial charge < -0.3 is 16.2 Å². The van der Waals surface area contributed by atoms with E-state index in [-0.39, 0.29) is 6.61 Å². The lowest BCUT2D eigenvalue weighted by Crippen LogP contribution is -2.41. The smallest absolute Gasteiger partial charge is 0.188 e. The molecule has 0 heterocycles. The molecule has 1 aliphatic carbocycles. The molecule has 4 nitrogen and oxygen atoms in total. The number of guanidine groups is 1. The van der Waals surface area contributed by atoms with E-state index in [0.717, 1.165) is 24.5 Å². The van der Waals surface area contributed by atoms with Crippen LogP contribution in [-0.2, 0) is 0 Å². The highest BCUT2D eigenvalue weighted by Crippen LogP contribution is 2.16. The molecule has 0 unspecified atom stereocenters. The van der Waals surface area contributed by atoms with Crippen molar-refractivity contribution in [2.75, 3.05) is 24.7 Å². The van der Waals surface area contributed by atoms with Crippen LogP contribution >= 0.6 is 11.8 Å². The van der Waals surface area contributed by atoms with Crippen molar-refractivity contribution in [3.05, 3.63) is 0 Å². The monoisotopic (exact) mass is 259 g/mol. The van der Waals surface area contributed by atoms with Crippen molar-refractivity contribution in [2.45, 2.75) is 44.6 Å². The molecule has 0 radical (unpaired) electrons. The highest BCUT2D eigenvalue weighted by Gasteiger charge is 2.12. The topological polar surface area (TPSA) is 70.6 Å². The van der Waals surface area contributed by atoms with Crippen molar-refractivity contribution in [3.63, 3.8) is 0 Å². The number of hydrogen-bond donors (Lipinski definition) is 3. The number of aliphatic imine (C=N–C) groups is 1. The van der Waals surface area contributed by atoms with E-state index in [2.05, 4.69) is 10.3 Å². The number of nitrogens with two attached hydrogens (primary N) is 1. The first-order valence-corrected chi connectivity index (χ1v) is 7.73. The number of aliphatic hydroxyl groups is 1. The summed E-state index contributed by atoms with van der Waals surface area (Å²) in [5, 5.41) is 11.9. The highest BCUT2D eigenvalue weighted by molar-refractivity contribution is 7.99. The van der Waals surface area contributed by atoms with Gasteiger partial charge in [-0.3, -0.25) is 4.99 Å². The molecule has 1 rings (SSSR count). The molecule has 1 saturated carbocycles. The lowest BCUT2D eigenvalue weighted by Gasteiger charge is -2.23. The Balaban J connectivity index is 2.03. The fraction of sp³-hybridized carbons (Fsp3) is 0.917. The van der Waals surface area contributed by atoms with Crippen LogP contribution in [-0.4, -0.2) is 41.8 Å². The summed E-state index contributed by atoms with van der Waals surface area (Å²) in [7, 11) is 0. The number of rotatable bonds is 7. The van der Waals surface area contributed by atoms with Crippen LogP contribution in [0.5, 0.6) is 0 Å². The van der Waals surface area contributed by atoms with Gasteiger partial charge in [-0.1, -0.05) is 19.3 Å². The maximum absolute atomic E-state index is 8.62. The molecular formula is C12H25N3OS.